The molecule has 0 heterocycles. The lowest BCUT2D eigenvalue weighted by Gasteiger charge is -2.30. The summed E-state index contributed by atoms with van der Waals surface area (Å²) in [6.45, 7) is 7.29. The van der Waals surface area contributed by atoms with E-state index in [0.29, 0.717) is 11.5 Å². The number of hydrogen-bond acceptors (Lipinski definition) is 4. The van der Waals surface area contributed by atoms with Gasteiger partial charge in [0.1, 0.15) is 6.54 Å². The Labute approximate surface area is 161 Å². The molecule has 1 aliphatic rings. The van der Waals surface area contributed by atoms with Crippen molar-refractivity contribution in [1.82, 2.24) is 10.6 Å². The van der Waals surface area contributed by atoms with Crippen molar-refractivity contribution in [3.05, 3.63) is 34.9 Å². The van der Waals surface area contributed by atoms with Crippen LogP contribution in [0.4, 0.5) is 0 Å². The number of esters is 1. The van der Waals surface area contributed by atoms with Gasteiger partial charge < -0.3 is 15.4 Å². The summed E-state index contributed by atoms with van der Waals surface area (Å²) < 4.78 is 5.15. The molecular weight excluding hydrogens is 344 g/mol. The van der Waals surface area contributed by atoms with Gasteiger partial charge in [0.2, 0.25) is 0 Å². The van der Waals surface area contributed by atoms with Crippen LogP contribution in [-0.4, -0.2) is 36.5 Å². The molecule has 0 radical (unpaired) electrons. The molecule has 1 saturated carbocycles. The summed E-state index contributed by atoms with van der Waals surface area (Å²) in [6, 6.07) is 5.49. The molecule has 2 rings (SSSR count). The topological polar surface area (TPSA) is 84.5 Å². The minimum absolute atomic E-state index is 0.136. The quantitative estimate of drug-likeness (QED) is 0.750. The van der Waals surface area contributed by atoms with Crippen LogP contribution in [0.15, 0.2) is 18.2 Å². The molecule has 2 N–H and O–H groups in total. The van der Waals surface area contributed by atoms with Crippen LogP contribution >= 0.6 is 0 Å². The number of ether oxygens (including phenoxy) is 1. The Bertz CT molecular complexity index is 701. The molecular formula is C21H30N2O4. The maximum atomic E-state index is 12.2. The minimum atomic E-state index is -0.884. The maximum Gasteiger partial charge on any atom is 0.326 e. The van der Waals surface area contributed by atoms with Crippen LogP contribution in [0, 0.1) is 19.8 Å². The predicted octanol–water partition coefficient (Wildman–Crippen LogP) is 2.66. The number of carbonyl (C=O) groups excluding carboxylic acids is 3. The van der Waals surface area contributed by atoms with Gasteiger partial charge in [0, 0.05) is 11.6 Å². The number of nitrogens with one attached hydrogen (secondary N) is 2. The first-order valence-electron chi connectivity index (χ1n) is 9.63. The van der Waals surface area contributed by atoms with E-state index in [2.05, 4.69) is 17.6 Å². The molecule has 6 heteroatoms. The summed E-state index contributed by atoms with van der Waals surface area (Å²) in [5.41, 5.74) is 2.59. The molecule has 3 atom stereocenters. The van der Waals surface area contributed by atoms with Gasteiger partial charge in [-0.05, 0) is 62.8 Å². The molecule has 148 valence electrons. The summed E-state index contributed by atoms with van der Waals surface area (Å²) in [5, 5.41) is 5.51. The average Bonchev–Trinajstić information content (AvgIpc) is 2.63. The van der Waals surface area contributed by atoms with Gasteiger partial charge >= 0.3 is 5.97 Å². The summed E-state index contributed by atoms with van der Waals surface area (Å²) in [7, 11) is 0. The van der Waals surface area contributed by atoms with Gasteiger partial charge in [0.05, 0.1) is 0 Å². The lowest BCUT2D eigenvalue weighted by Crippen LogP contribution is -2.46. The Morgan fingerprint density at radius 2 is 1.85 bits per heavy atom. The van der Waals surface area contributed by atoms with Crippen LogP contribution in [-0.2, 0) is 14.3 Å². The first kappa shape index (κ1) is 20.9. The van der Waals surface area contributed by atoms with E-state index >= 15 is 0 Å². The molecule has 0 aliphatic heterocycles. The first-order valence-corrected chi connectivity index (χ1v) is 9.63. The highest BCUT2D eigenvalue weighted by Gasteiger charge is 2.26. The molecule has 2 amide bonds. The summed E-state index contributed by atoms with van der Waals surface area (Å²) >= 11 is 0. The summed E-state index contributed by atoms with van der Waals surface area (Å²) in [4.78, 5) is 36.3. The highest BCUT2D eigenvalue weighted by molar-refractivity contribution is 5.96. The van der Waals surface area contributed by atoms with Crippen molar-refractivity contribution >= 4 is 17.8 Å². The second-order valence-electron chi connectivity index (χ2n) is 7.49. The van der Waals surface area contributed by atoms with Crippen LogP contribution in [0.3, 0.4) is 0 Å². The Morgan fingerprint density at radius 1 is 1.15 bits per heavy atom. The number of carbonyl (C=O) groups is 3. The molecule has 6 nitrogen and oxygen atoms in total. The molecule has 1 aromatic carbocycles. The number of aryl methyl sites for hydroxylation is 2. The standard InChI is InChI=1S/C21H30N2O4/c1-13-9-10-17(11-15(13)3)21(26)22-12-19(24)27-16(4)20(25)23-18-8-6-5-7-14(18)2/h9-11,14,16,18H,5-8,12H2,1-4H3,(H,22,26)(H,23,25)/t14-,16-,18-/m0/s1. The van der Waals surface area contributed by atoms with Gasteiger partial charge in [-0.25, -0.2) is 0 Å². The van der Waals surface area contributed by atoms with E-state index in [9.17, 15) is 14.4 Å². The van der Waals surface area contributed by atoms with Gasteiger partial charge in [0.25, 0.3) is 11.8 Å². The highest BCUT2D eigenvalue weighted by atomic mass is 16.5. The van der Waals surface area contributed by atoms with E-state index in [0.717, 1.165) is 30.4 Å². The van der Waals surface area contributed by atoms with Crippen molar-refractivity contribution < 1.29 is 19.1 Å². The molecule has 0 spiro atoms. The Hall–Kier alpha value is -2.37. The third kappa shape index (κ3) is 6.08. The second kappa shape index (κ2) is 9.53. The average molecular weight is 374 g/mol. The van der Waals surface area contributed by atoms with E-state index in [-0.39, 0.29) is 24.4 Å². The number of rotatable bonds is 6. The number of hydrogen-bond donors (Lipinski definition) is 2. The zero-order valence-corrected chi connectivity index (χ0v) is 16.6. The molecule has 1 aromatic rings. The SMILES string of the molecule is Cc1ccc(C(=O)NCC(=O)O[C@@H](C)C(=O)N[C@H]2CCCC[C@@H]2C)cc1C. The zero-order valence-electron chi connectivity index (χ0n) is 16.6. The van der Waals surface area contributed by atoms with E-state index in [4.69, 9.17) is 4.74 Å². The van der Waals surface area contributed by atoms with Crippen LogP contribution in [0.2, 0.25) is 0 Å². The minimum Gasteiger partial charge on any atom is -0.451 e. The van der Waals surface area contributed by atoms with Gasteiger partial charge in [-0.2, -0.15) is 0 Å². The predicted molar refractivity (Wildman–Crippen MR) is 103 cm³/mol. The normalized spacial score (nSPS) is 20.4. The van der Waals surface area contributed by atoms with Gasteiger partial charge in [-0.1, -0.05) is 25.8 Å². The van der Waals surface area contributed by atoms with Gasteiger partial charge in [0.15, 0.2) is 6.10 Å². The van der Waals surface area contributed by atoms with Crippen LogP contribution in [0.1, 0.15) is 61.0 Å². The molecule has 0 bridgehead atoms. The van der Waals surface area contributed by atoms with Crippen LogP contribution in [0.25, 0.3) is 0 Å². The first-order chi connectivity index (χ1) is 12.8. The maximum absolute atomic E-state index is 12.2. The molecule has 0 unspecified atom stereocenters. The molecule has 1 aliphatic carbocycles. The van der Waals surface area contributed by atoms with Crippen molar-refractivity contribution in [2.24, 2.45) is 5.92 Å². The number of benzene rings is 1. The van der Waals surface area contributed by atoms with E-state index in [1.54, 1.807) is 19.1 Å². The Kier molecular flexibility index (Phi) is 7.39. The van der Waals surface area contributed by atoms with Crippen LogP contribution < -0.4 is 10.6 Å². The van der Waals surface area contributed by atoms with Crippen molar-refractivity contribution in [1.29, 1.82) is 0 Å². The molecule has 27 heavy (non-hydrogen) atoms. The third-order valence-corrected chi connectivity index (χ3v) is 5.28. The van der Waals surface area contributed by atoms with Gasteiger partial charge in [-0.3, -0.25) is 14.4 Å². The Morgan fingerprint density at radius 3 is 2.52 bits per heavy atom. The smallest absolute Gasteiger partial charge is 0.326 e. The second-order valence-corrected chi connectivity index (χ2v) is 7.49. The summed E-state index contributed by atoms with van der Waals surface area (Å²) in [6.07, 6.45) is 3.47. The largest absolute Gasteiger partial charge is 0.451 e. The molecule has 1 fully saturated rings. The Balaban J connectivity index is 1.77. The zero-order chi connectivity index (χ0) is 20.0. The molecule has 0 aromatic heterocycles. The van der Waals surface area contributed by atoms with Crippen LogP contribution in [0.5, 0.6) is 0 Å². The molecule has 0 saturated heterocycles. The lowest BCUT2D eigenvalue weighted by atomic mass is 9.86. The third-order valence-electron chi connectivity index (χ3n) is 5.28. The van der Waals surface area contributed by atoms with E-state index in [1.165, 1.54) is 6.42 Å². The van der Waals surface area contributed by atoms with E-state index in [1.807, 2.05) is 19.9 Å². The highest BCUT2D eigenvalue weighted by Crippen LogP contribution is 2.23. The fraction of sp³-hybridized carbons (Fsp3) is 0.571. The van der Waals surface area contributed by atoms with Crippen molar-refractivity contribution in [2.75, 3.05) is 6.54 Å². The van der Waals surface area contributed by atoms with Gasteiger partial charge in [-0.15, -0.1) is 0 Å². The lowest BCUT2D eigenvalue weighted by molar-refractivity contribution is -0.154. The number of amides is 2. The monoisotopic (exact) mass is 374 g/mol. The summed E-state index contributed by atoms with van der Waals surface area (Å²) in [5.74, 6) is -0.833. The van der Waals surface area contributed by atoms with Crippen molar-refractivity contribution in [3.8, 4) is 0 Å². The fourth-order valence-corrected chi connectivity index (χ4v) is 3.26. The fourth-order valence-electron chi connectivity index (χ4n) is 3.26. The van der Waals surface area contributed by atoms with Crippen molar-refractivity contribution in [3.63, 3.8) is 0 Å². The van der Waals surface area contributed by atoms with Crippen molar-refractivity contribution in [2.45, 2.75) is 65.5 Å². The van der Waals surface area contributed by atoms with E-state index < -0.39 is 12.1 Å².